The zero-order valence-electron chi connectivity index (χ0n) is 17.3. The van der Waals surface area contributed by atoms with Crippen molar-refractivity contribution in [2.24, 2.45) is 12.0 Å². The van der Waals surface area contributed by atoms with Gasteiger partial charge in [-0.1, -0.05) is 6.07 Å². The second kappa shape index (κ2) is 7.52. The number of hydrogen-bond donors (Lipinski definition) is 3. The SMILES string of the molecule is COc1cccc(F)c1Nc1cc(=NC2CC2)n2ncc(=Cc3[nH]c(=O)n(C)c3O)c2n1. The number of methoxy groups -OCH3 is 1. The summed E-state index contributed by atoms with van der Waals surface area (Å²) >= 11 is 0. The minimum atomic E-state index is -0.487. The van der Waals surface area contributed by atoms with Gasteiger partial charge in [-0.25, -0.2) is 14.2 Å². The topological polar surface area (TPSA) is 122 Å². The number of aromatic hydroxyl groups is 1. The number of nitrogens with one attached hydrogen (secondary N) is 2. The van der Waals surface area contributed by atoms with Gasteiger partial charge in [-0.15, -0.1) is 0 Å². The quantitative estimate of drug-likeness (QED) is 0.428. The molecule has 0 bridgehead atoms. The Morgan fingerprint density at radius 3 is 2.91 bits per heavy atom. The first kappa shape index (κ1) is 19.8. The van der Waals surface area contributed by atoms with E-state index in [9.17, 15) is 14.3 Å². The van der Waals surface area contributed by atoms with E-state index in [1.165, 1.54) is 20.2 Å². The maximum absolute atomic E-state index is 14.5. The normalized spacial score (nSPS) is 15.0. The summed E-state index contributed by atoms with van der Waals surface area (Å²) in [7, 11) is 2.91. The van der Waals surface area contributed by atoms with Gasteiger partial charge in [-0.2, -0.15) is 9.61 Å². The van der Waals surface area contributed by atoms with Crippen molar-refractivity contribution in [2.75, 3.05) is 12.4 Å². The van der Waals surface area contributed by atoms with Crippen LogP contribution in [0.1, 0.15) is 18.5 Å². The first-order valence-electron chi connectivity index (χ1n) is 9.96. The molecule has 0 atom stereocenters. The Labute approximate surface area is 180 Å². The van der Waals surface area contributed by atoms with E-state index in [-0.39, 0.29) is 23.3 Å². The van der Waals surface area contributed by atoms with Gasteiger partial charge in [0.15, 0.2) is 17.0 Å². The summed E-state index contributed by atoms with van der Waals surface area (Å²) in [4.78, 5) is 23.7. The van der Waals surface area contributed by atoms with E-state index in [0.29, 0.717) is 27.9 Å². The molecule has 10 nitrogen and oxygen atoms in total. The van der Waals surface area contributed by atoms with Crippen molar-refractivity contribution in [1.29, 1.82) is 0 Å². The summed E-state index contributed by atoms with van der Waals surface area (Å²) in [6.07, 6.45) is 5.12. The largest absolute Gasteiger partial charge is 0.494 e. The second-order valence-electron chi connectivity index (χ2n) is 7.51. The van der Waals surface area contributed by atoms with Crippen molar-refractivity contribution in [2.45, 2.75) is 18.9 Å². The Morgan fingerprint density at radius 1 is 1.41 bits per heavy atom. The second-order valence-corrected chi connectivity index (χ2v) is 7.51. The molecular weight excluding hydrogens is 417 g/mol. The first-order chi connectivity index (χ1) is 15.4. The first-order valence-corrected chi connectivity index (χ1v) is 9.96. The number of ether oxygens (including phenoxy) is 1. The molecule has 0 saturated heterocycles. The lowest BCUT2D eigenvalue weighted by Crippen LogP contribution is -2.20. The number of nitrogens with zero attached hydrogens (tertiary/aromatic N) is 5. The van der Waals surface area contributed by atoms with Crippen molar-refractivity contribution in [1.82, 2.24) is 24.1 Å². The lowest BCUT2D eigenvalue weighted by Gasteiger charge is -2.11. The van der Waals surface area contributed by atoms with Crippen LogP contribution in [0.15, 0.2) is 40.2 Å². The predicted molar refractivity (Wildman–Crippen MR) is 114 cm³/mol. The lowest BCUT2D eigenvalue weighted by molar-refractivity contribution is 0.414. The predicted octanol–water partition coefficient (Wildman–Crippen LogP) is 0.964. The summed E-state index contributed by atoms with van der Waals surface area (Å²) in [6.45, 7) is 0. The molecule has 4 aromatic rings. The Bertz CT molecular complexity index is 1510. The molecule has 0 radical (unpaired) electrons. The number of benzene rings is 1. The van der Waals surface area contributed by atoms with Crippen LogP contribution < -0.4 is 26.4 Å². The average Bonchev–Trinajstić information content (AvgIpc) is 3.46. The Hall–Kier alpha value is -4.15. The molecule has 0 amide bonds. The number of hydrogen-bond acceptors (Lipinski definition) is 7. The Balaban J connectivity index is 1.70. The van der Waals surface area contributed by atoms with Crippen LogP contribution in [0.25, 0.3) is 11.7 Å². The van der Waals surface area contributed by atoms with E-state index < -0.39 is 11.5 Å². The maximum Gasteiger partial charge on any atom is 0.328 e. The minimum absolute atomic E-state index is 0.152. The third kappa shape index (κ3) is 3.47. The fraction of sp³-hybridized carbons (Fsp3) is 0.238. The molecule has 3 aromatic heterocycles. The smallest absolute Gasteiger partial charge is 0.328 e. The number of anilines is 2. The van der Waals surface area contributed by atoms with Gasteiger partial charge in [0, 0.05) is 18.3 Å². The summed E-state index contributed by atoms with van der Waals surface area (Å²) in [5.74, 6) is -0.0120. The third-order valence-corrected chi connectivity index (χ3v) is 5.20. The highest BCUT2D eigenvalue weighted by atomic mass is 19.1. The molecule has 1 saturated carbocycles. The van der Waals surface area contributed by atoms with E-state index in [2.05, 4.69) is 20.4 Å². The molecule has 5 rings (SSSR count). The van der Waals surface area contributed by atoms with Gasteiger partial charge in [0.05, 0.1) is 19.3 Å². The highest BCUT2D eigenvalue weighted by molar-refractivity contribution is 5.66. The highest BCUT2D eigenvalue weighted by Crippen LogP contribution is 2.29. The van der Waals surface area contributed by atoms with Crippen molar-refractivity contribution in [3.8, 4) is 11.6 Å². The van der Waals surface area contributed by atoms with Crippen LogP contribution in [-0.4, -0.2) is 42.4 Å². The van der Waals surface area contributed by atoms with Crippen molar-refractivity contribution in [3.63, 3.8) is 0 Å². The fourth-order valence-corrected chi connectivity index (χ4v) is 3.32. The van der Waals surface area contributed by atoms with Gasteiger partial charge in [0.2, 0.25) is 5.88 Å². The Kier molecular flexibility index (Phi) is 4.65. The molecule has 0 aliphatic heterocycles. The van der Waals surface area contributed by atoms with Gasteiger partial charge < -0.3 is 20.1 Å². The number of fused-ring (bicyclic) bond motifs is 1. The molecule has 0 unspecified atom stereocenters. The van der Waals surface area contributed by atoms with Gasteiger partial charge in [-0.3, -0.25) is 9.56 Å². The standard InChI is InChI=1S/C21H20FN7O3/c1-28-20(30)14(25-21(28)31)8-11-10-23-29-17(24-12-6-7-12)9-16(27-19(11)29)26-18-13(22)4-3-5-15(18)32-2/h3-5,8-10,12,26,30H,6-7H2,1-2H3,(H,25,31). The summed E-state index contributed by atoms with van der Waals surface area (Å²) in [5, 5.41) is 18.1. The molecule has 1 aromatic carbocycles. The number of para-hydroxylation sites is 1. The number of imidazole rings is 1. The lowest BCUT2D eigenvalue weighted by atomic mass is 10.2. The van der Waals surface area contributed by atoms with E-state index in [1.807, 2.05) is 0 Å². The Morgan fingerprint density at radius 2 is 2.22 bits per heavy atom. The van der Waals surface area contributed by atoms with Crippen molar-refractivity contribution < 1.29 is 14.2 Å². The molecule has 3 N–H and O–H groups in total. The van der Waals surface area contributed by atoms with Gasteiger partial charge in [0.25, 0.3) is 0 Å². The number of rotatable bonds is 5. The number of H-pyrrole nitrogens is 1. The molecule has 3 heterocycles. The third-order valence-electron chi connectivity index (χ3n) is 5.20. The molecule has 164 valence electrons. The molecular formula is C21H20FN7O3. The van der Waals surface area contributed by atoms with E-state index in [4.69, 9.17) is 9.73 Å². The summed E-state index contributed by atoms with van der Waals surface area (Å²) < 4.78 is 22.4. The zero-order chi connectivity index (χ0) is 22.4. The molecule has 0 spiro atoms. The molecule has 32 heavy (non-hydrogen) atoms. The molecule has 1 aliphatic carbocycles. The monoisotopic (exact) mass is 437 g/mol. The van der Waals surface area contributed by atoms with Crippen molar-refractivity contribution in [3.05, 3.63) is 63.2 Å². The molecule has 1 fully saturated rings. The van der Waals surface area contributed by atoms with Gasteiger partial charge in [-0.05, 0) is 31.1 Å². The highest BCUT2D eigenvalue weighted by Gasteiger charge is 2.20. The maximum atomic E-state index is 14.5. The van der Waals surface area contributed by atoms with Crippen LogP contribution in [0.2, 0.25) is 0 Å². The van der Waals surface area contributed by atoms with Crippen LogP contribution in [0.3, 0.4) is 0 Å². The summed E-state index contributed by atoms with van der Waals surface area (Å²) in [5.41, 5.74) is 0.912. The van der Waals surface area contributed by atoms with Crippen LogP contribution in [-0.2, 0) is 7.05 Å². The number of halogens is 1. The fourth-order valence-electron chi connectivity index (χ4n) is 3.32. The average molecular weight is 437 g/mol. The minimum Gasteiger partial charge on any atom is -0.494 e. The van der Waals surface area contributed by atoms with Crippen LogP contribution >= 0.6 is 0 Å². The molecule has 1 aliphatic rings. The van der Waals surface area contributed by atoms with E-state index >= 15 is 0 Å². The van der Waals surface area contributed by atoms with Crippen molar-refractivity contribution >= 4 is 23.2 Å². The summed E-state index contributed by atoms with van der Waals surface area (Å²) in [6, 6.07) is 6.43. The van der Waals surface area contributed by atoms with E-state index in [1.54, 1.807) is 35.0 Å². The van der Waals surface area contributed by atoms with Gasteiger partial charge in [0.1, 0.15) is 22.9 Å². The van der Waals surface area contributed by atoms with Crippen LogP contribution in [0.5, 0.6) is 11.6 Å². The number of aromatic amines is 1. The number of aromatic nitrogens is 5. The van der Waals surface area contributed by atoms with Crippen LogP contribution in [0.4, 0.5) is 15.9 Å². The zero-order valence-corrected chi connectivity index (χ0v) is 17.3. The van der Waals surface area contributed by atoms with E-state index in [0.717, 1.165) is 17.4 Å². The van der Waals surface area contributed by atoms with Gasteiger partial charge >= 0.3 is 5.69 Å². The molecule has 11 heteroatoms. The van der Waals surface area contributed by atoms with Crippen LogP contribution in [0, 0.1) is 5.82 Å².